The van der Waals surface area contributed by atoms with Crippen molar-refractivity contribution >= 4 is 15.8 Å². The Morgan fingerprint density at radius 2 is 1.68 bits per heavy atom. The number of hydrogen-bond acceptors (Lipinski definition) is 5. The molecule has 2 N–H and O–H groups in total. The monoisotopic (exact) mass is 373 g/mol. The minimum atomic E-state index is -2.80. The van der Waals surface area contributed by atoms with Gasteiger partial charge in [-0.05, 0) is 32.7 Å². The normalized spacial score (nSPS) is 23.5. The van der Waals surface area contributed by atoms with Crippen molar-refractivity contribution < 1.29 is 8.42 Å². The predicted octanol–water partition coefficient (Wildman–Crippen LogP) is 0.146. The largest absolute Gasteiger partial charge is 0.357 e. The third kappa shape index (κ3) is 7.50. The lowest BCUT2D eigenvalue weighted by Gasteiger charge is -2.33. The first-order valence-electron chi connectivity index (χ1n) is 9.72. The molecule has 2 heterocycles. The smallest absolute Gasteiger partial charge is 0.191 e. The summed E-state index contributed by atoms with van der Waals surface area (Å²) in [5.41, 5.74) is 0. The number of nitrogens with one attached hydrogen (secondary N) is 2. The number of likely N-dealkylation sites (tertiary alicyclic amines) is 1. The van der Waals surface area contributed by atoms with Crippen LogP contribution in [0.1, 0.15) is 33.1 Å². The maximum Gasteiger partial charge on any atom is 0.191 e. The van der Waals surface area contributed by atoms with E-state index < -0.39 is 9.84 Å². The molecule has 2 saturated heterocycles. The molecule has 0 radical (unpaired) electrons. The van der Waals surface area contributed by atoms with Crippen LogP contribution >= 0.6 is 0 Å². The van der Waals surface area contributed by atoms with Gasteiger partial charge in [0.2, 0.25) is 0 Å². The molecule has 2 aliphatic rings. The van der Waals surface area contributed by atoms with E-state index >= 15 is 0 Å². The highest BCUT2D eigenvalue weighted by atomic mass is 32.2. The molecule has 0 aromatic heterocycles. The van der Waals surface area contributed by atoms with Crippen LogP contribution in [0, 0.1) is 0 Å². The van der Waals surface area contributed by atoms with Crippen molar-refractivity contribution in [1.29, 1.82) is 0 Å². The van der Waals surface area contributed by atoms with Gasteiger partial charge in [0.05, 0.1) is 18.1 Å². The summed E-state index contributed by atoms with van der Waals surface area (Å²) >= 11 is 0. The Bertz CT molecular complexity index is 501. The van der Waals surface area contributed by atoms with Crippen LogP contribution < -0.4 is 10.6 Å². The maximum atomic E-state index is 11.5. The standard InChI is InChI=1S/C17H35N5O2S/c1-3-8-21-9-5-16(6-10-21)20-17(18-4-2)19-7-11-22-12-14-25(23,24)15-13-22/h16H,3-15H2,1-2H3,(H2,18,19,20). The molecular formula is C17H35N5O2S. The van der Waals surface area contributed by atoms with Crippen molar-refractivity contribution in [1.82, 2.24) is 20.4 Å². The van der Waals surface area contributed by atoms with Crippen LogP contribution in [0.2, 0.25) is 0 Å². The molecule has 7 nitrogen and oxygen atoms in total. The summed E-state index contributed by atoms with van der Waals surface area (Å²) in [6.07, 6.45) is 3.54. The summed E-state index contributed by atoms with van der Waals surface area (Å²) in [7, 11) is -2.80. The number of sulfone groups is 1. The zero-order valence-corrected chi connectivity index (χ0v) is 16.7. The Morgan fingerprint density at radius 1 is 1.04 bits per heavy atom. The molecule has 2 fully saturated rings. The second-order valence-corrected chi connectivity index (χ2v) is 9.32. The highest BCUT2D eigenvalue weighted by molar-refractivity contribution is 7.91. The van der Waals surface area contributed by atoms with Gasteiger partial charge in [0.25, 0.3) is 0 Å². The molecule has 25 heavy (non-hydrogen) atoms. The molecule has 8 heteroatoms. The second kappa shape index (κ2) is 10.3. The van der Waals surface area contributed by atoms with Crippen LogP contribution in [0.3, 0.4) is 0 Å². The van der Waals surface area contributed by atoms with Crippen LogP contribution in [0.5, 0.6) is 0 Å². The second-order valence-electron chi connectivity index (χ2n) is 7.01. The number of guanidine groups is 1. The zero-order valence-electron chi connectivity index (χ0n) is 15.8. The number of aliphatic imine (C=N–C) groups is 1. The fourth-order valence-electron chi connectivity index (χ4n) is 3.41. The van der Waals surface area contributed by atoms with Crippen molar-refractivity contribution in [3.05, 3.63) is 0 Å². The quantitative estimate of drug-likeness (QED) is 0.489. The molecule has 0 unspecified atom stereocenters. The Balaban J connectivity index is 1.73. The molecular weight excluding hydrogens is 338 g/mol. The lowest BCUT2D eigenvalue weighted by atomic mass is 10.1. The lowest BCUT2D eigenvalue weighted by molar-refractivity contribution is 0.206. The van der Waals surface area contributed by atoms with Crippen molar-refractivity contribution in [2.24, 2.45) is 4.99 Å². The Morgan fingerprint density at radius 3 is 2.28 bits per heavy atom. The van der Waals surface area contributed by atoms with E-state index in [0.717, 1.165) is 45.0 Å². The summed E-state index contributed by atoms with van der Waals surface area (Å²) in [5, 5.41) is 6.90. The molecule has 0 bridgehead atoms. The minimum absolute atomic E-state index is 0.283. The van der Waals surface area contributed by atoms with Crippen LogP contribution in [-0.2, 0) is 9.84 Å². The summed E-state index contributed by atoms with van der Waals surface area (Å²) < 4.78 is 22.9. The fraction of sp³-hybridized carbons (Fsp3) is 0.941. The topological polar surface area (TPSA) is 77.0 Å². The molecule has 0 aromatic rings. The van der Waals surface area contributed by atoms with E-state index in [0.29, 0.717) is 25.7 Å². The summed E-state index contributed by atoms with van der Waals surface area (Å²) in [6.45, 7) is 11.5. The average Bonchev–Trinajstić information content (AvgIpc) is 2.58. The van der Waals surface area contributed by atoms with E-state index in [-0.39, 0.29) is 11.5 Å². The first kappa shape index (κ1) is 20.5. The van der Waals surface area contributed by atoms with Gasteiger partial charge in [0, 0.05) is 45.3 Å². The van der Waals surface area contributed by atoms with E-state index in [4.69, 9.17) is 0 Å². The minimum Gasteiger partial charge on any atom is -0.357 e. The molecule has 0 aromatic carbocycles. The summed E-state index contributed by atoms with van der Waals surface area (Å²) in [5.74, 6) is 1.46. The predicted molar refractivity (Wildman–Crippen MR) is 104 cm³/mol. The summed E-state index contributed by atoms with van der Waals surface area (Å²) in [4.78, 5) is 9.41. The third-order valence-electron chi connectivity index (χ3n) is 4.94. The number of nitrogens with zero attached hydrogens (tertiary/aromatic N) is 3. The Hall–Kier alpha value is -0.860. The molecule has 2 rings (SSSR count). The van der Waals surface area contributed by atoms with E-state index in [1.807, 2.05) is 0 Å². The van der Waals surface area contributed by atoms with E-state index in [9.17, 15) is 8.42 Å². The third-order valence-corrected chi connectivity index (χ3v) is 6.54. The van der Waals surface area contributed by atoms with Crippen LogP contribution in [-0.4, -0.2) is 94.1 Å². The molecule has 0 atom stereocenters. The van der Waals surface area contributed by atoms with Crippen molar-refractivity contribution in [3.63, 3.8) is 0 Å². The molecule has 146 valence electrons. The SMILES string of the molecule is CCCN1CCC(NC(=NCCN2CCS(=O)(=O)CC2)NCC)CC1. The highest BCUT2D eigenvalue weighted by Crippen LogP contribution is 2.10. The van der Waals surface area contributed by atoms with Crippen molar-refractivity contribution in [2.75, 3.05) is 63.9 Å². The highest BCUT2D eigenvalue weighted by Gasteiger charge is 2.21. The van der Waals surface area contributed by atoms with Crippen molar-refractivity contribution in [2.45, 2.75) is 39.2 Å². The van der Waals surface area contributed by atoms with Gasteiger partial charge in [0.15, 0.2) is 15.8 Å². The van der Waals surface area contributed by atoms with Gasteiger partial charge in [-0.25, -0.2) is 8.42 Å². The van der Waals surface area contributed by atoms with Gasteiger partial charge < -0.3 is 15.5 Å². The Kier molecular flexibility index (Phi) is 8.45. The number of rotatable bonds is 7. The molecule has 0 aliphatic carbocycles. The first-order valence-corrected chi connectivity index (χ1v) is 11.5. The molecule has 0 spiro atoms. The molecule has 0 amide bonds. The van der Waals surface area contributed by atoms with Gasteiger partial charge in [-0.1, -0.05) is 6.92 Å². The summed E-state index contributed by atoms with van der Waals surface area (Å²) in [6, 6.07) is 0.492. The van der Waals surface area contributed by atoms with Gasteiger partial charge in [-0.15, -0.1) is 0 Å². The van der Waals surface area contributed by atoms with E-state index in [1.54, 1.807) is 0 Å². The van der Waals surface area contributed by atoms with Gasteiger partial charge in [-0.2, -0.15) is 0 Å². The van der Waals surface area contributed by atoms with Crippen molar-refractivity contribution in [3.8, 4) is 0 Å². The fourth-order valence-corrected chi connectivity index (χ4v) is 4.68. The van der Waals surface area contributed by atoms with Crippen LogP contribution in [0.4, 0.5) is 0 Å². The number of hydrogen-bond donors (Lipinski definition) is 2. The van der Waals surface area contributed by atoms with Gasteiger partial charge in [0.1, 0.15) is 0 Å². The molecule has 0 saturated carbocycles. The van der Waals surface area contributed by atoms with Crippen LogP contribution in [0.15, 0.2) is 4.99 Å². The lowest BCUT2D eigenvalue weighted by Crippen LogP contribution is -2.49. The maximum absolute atomic E-state index is 11.5. The Labute approximate surface area is 153 Å². The van der Waals surface area contributed by atoms with Crippen LogP contribution in [0.25, 0.3) is 0 Å². The number of piperidine rings is 1. The van der Waals surface area contributed by atoms with E-state index in [2.05, 4.69) is 39.3 Å². The van der Waals surface area contributed by atoms with Gasteiger partial charge in [-0.3, -0.25) is 9.89 Å². The molecule has 2 aliphatic heterocycles. The van der Waals surface area contributed by atoms with E-state index in [1.165, 1.54) is 13.0 Å². The first-order chi connectivity index (χ1) is 12.0. The average molecular weight is 374 g/mol. The van der Waals surface area contributed by atoms with Gasteiger partial charge >= 0.3 is 0 Å². The zero-order chi connectivity index (χ0) is 18.1.